The van der Waals surface area contributed by atoms with Crippen molar-refractivity contribution in [3.05, 3.63) is 0 Å². The molecule has 2 N–H and O–H groups in total. The number of unbranched alkanes of at least 4 members (excludes halogenated alkanes) is 1. The summed E-state index contributed by atoms with van der Waals surface area (Å²) < 4.78 is 21.6. The lowest BCUT2D eigenvalue weighted by atomic mass is 10.00. The van der Waals surface area contributed by atoms with Crippen molar-refractivity contribution in [2.75, 3.05) is 12.0 Å². The number of sulfone groups is 1. The fourth-order valence-corrected chi connectivity index (χ4v) is 1.81. The third-order valence-corrected chi connectivity index (χ3v) is 3.19. The first-order valence-corrected chi connectivity index (χ1v) is 6.82. The molecule has 0 bridgehead atoms. The summed E-state index contributed by atoms with van der Waals surface area (Å²) >= 11 is 0. The molecule has 0 aromatic heterocycles. The first-order chi connectivity index (χ1) is 5.83. The zero-order valence-electron chi connectivity index (χ0n) is 8.79. The normalized spacial score (nSPS) is 14.8. The Kier molecular flexibility index (Phi) is 5.56. The molecule has 3 nitrogen and oxygen atoms in total. The van der Waals surface area contributed by atoms with Crippen LogP contribution in [-0.2, 0) is 9.84 Å². The van der Waals surface area contributed by atoms with Crippen molar-refractivity contribution >= 4 is 9.84 Å². The number of hydrogen-bond donors (Lipinski definition) is 1. The van der Waals surface area contributed by atoms with E-state index in [0.29, 0.717) is 5.92 Å². The Morgan fingerprint density at radius 2 is 1.77 bits per heavy atom. The zero-order chi connectivity index (χ0) is 10.5. The summed E-state index contributed by atoms with van der Waals surface area (Å²) in [6, 6.07) is 0.208. The molecular formula is C9H21NO2S. The van der Waals surface area contributed by atoms with Gasteiger partial charge in [-0.15, -0.1) is 0 Å². The molecule has 80 valence electrons. The average Bonchev–Trinajstić information content (AvgIpc) is 1.95. The van der Waals surface area contributed by atoms with Crippen molar-refractivity contribution in [3.8, 4) is 0 Å². The van der Waals surface area contributed by atoms with Crippen LogP contribution in [0.15, 0.2) is 0 Å². The lowest BCUT2D eigenvalue weighted by molar-refractivity contribution is 0.449. The molecule has 0 spiro atoms. The summed E-state index contributed by atoms with van der Waals surface area (Å²) in [6.07, 6.45) is 3.84. The van der Waals surface area contributed by atoms with E-state index in [0.717, 1.165) is 19.3 Å². The molecule has 0 aromatic carbocycles. The predicted molar refractivity (Wildman–Crippen MR) is 56.4 cm³/mol. The van der Waals surface area contributed by atoms with Gasteiger partial charge in [-0.05, 0) is 18.8 Å². The maximum atomic E-state index is 10.8. The first kappa shape index (κ1) is 12.9. The van der Waals surface area contributed by atoms with E-state index < -0.39 is 9.84 Å². The van der Waals surface area contributed by atoms with Gasteiger partial charge in [0.2, 0.25) is 0 Å². The van der Waals surface area contributed by atoms with Gasteiger partial charge in [-0.1, -0.05) is 20.3 Å². The van der Waals surface area contributed by atoms with Gasteiger partial charge in [0, 0.05) is 18.1 Å². The van der Waals surface area contributed by atoms with Gasteiger partial charge in [-0.3, -0.25) is 0 Å². The maximum absolute atomic E-state index is 10.8. The Bertz CT molecular complexity index is 222. The molecule has 1 atom stereocenters. The second kappa shape index (κ2) is 5.60. The van der Waals surface area contributed by atoms with Crippen LogP contribution in [0.1, 0.15) is 33.1 Å². The summed E-state index contributed by atoms with van der Waals surface area (Å²) in [5.41, 5.74) is 5.82. The molecule has 0 aliphatic heterocycles. The highest BCUT2D eigenvalue weighted by Gasteiger charge is 2.07. The van der Waals surface area contributed by atoms with Gasteiger partial charge in [-0.25, -0.2) is 8.42 Å². The molecule has 0 amide bonds. The summed E-state index contributed by atoms with van der Waals surface area (Å²) in [6.45, 7) is 4.17. The Morgan fingerprint density at radius 3 is 2.15 bits per heavy atom. The molecule has 0 heterocycles. The number of hydrogen-bond acceptors (Lipinski definition) is 3. The standard InChI is InChI=1S/C9H21NO2S/c1-8(2)9(10)6-4-5-7-13(3,11)12/h8-9H,4-7,10H2,1-3H3. The van der Waals surface area contributed by atoms with Gasteiger partial charge in [-0.2, -0.15) is 0 Å². The van der Waals surface area contributed by atoms with Crippen LogP contribution in [0.3, 0.4) is 0 Å². The van der Waals surface area contributed by atoms with E-state index in [-0.39, 0.29) is 11.8 Å². The van der Waals surface area contributed by atoms with Gasteiger partial charge in [0.25, 0.3) is 0 Å². The SMILES string of the molecule is CC(C)C(N)CCCCS(C)(=O)=O. The highest BCUT2D eigenvalue weighted by molar-refractivity contribution is 7.90. The minimum absolute atomic E-state index is 0.208. The molecule has 0 aliphatic carbocycles. The largest absolute Gasteiger partial charge is 0.327 e. The van der Waals surface area contributed by atoms with Crippen LogP contribution >= 0.6 is 0 Å². The molecule has 0 saturated carbocycles. The van der Waals surface area contributed by atoms with Crippen LogP contribution in [0.5, 0.6) is 0 Å². The van der Waals surface area contributed by atoms with Crippen LogP contribution in [0, 0.1) is 5.92 Å². The van der Waals surface area contributed by atoms with Crippen molar-refractivity contribution < 1.29 is 8.42 Å². The van der Waals surface area contributed by atoms with Crippen molar-refractivity contribution in [3.63, 3.8) is 0 Å². The molecule has 13 heavy (non-hydrogen) atoms. The lowest BCUT2D eigenvalue weighted by Gasteiger charge is -2.14. The monoisotopic (exact) mass is 207 g/mol. The summed E-state index contributed by atoms with van der Waals surface area (Å²) in [5, 5.41) is 0. The van der Waals surface area contributed by atoms with Crippen LogP contribution < -0.4 is 5.73 Å². The smallest absolute Gasteiger partial charge is 0.147 e. The Morgan fingerprint density at radius 1 is 1.23 bits per heavy atom. The number of rotatable bonds is 6. The fourth-order valence-electron chi connectivity index (χ4n) is 1.08. The van der Waals surface area contributed by atoms with Gasteiger partial charge >= 0.3 is 0 Å². The van der Waals surface area contributed by atoms with Crippen LogP contribution in [0.4, 0.5) is 0 Å². The van der Waals surface area contributed by atoms with E-state index in [1.807, 2.05) is 0 Å². The molecule has 4 heteroatoms. The van der Waals surface area contributed by atoms with Crippen molar-refractivity contribution in [2.24, 2.45) is 11.7 Å². The van der Waals surface area contributed by atoms with Gasteiger partial charge in [0.05, 0.1) is 0 Å². The molecule has 0 fully saturated rings. The van der Waals surface area contributed by atoms with E-state index in [1.165, 1.54) is 6.26 Å². The van der Waals surface area contributed by atoms with Crippen LogP contribution in [0.25, 0.3) is 0 Å². The molecule has 0 rings (SSSR count). The number of nitrogens with two attached hydrogens (primary N) is 1. The van der Waals surface area contributed by atoms with E-state index in [4.69, 9.17) is 5.73 Å². The minimum Gasteiger partial charge on any atom is -0.327 e. The predicted octanol–water partition coefficient (Wildman–Crippen LogP) is 1.18. The lowest BCUT2D eigenvalue weighted by Crippen LogP contribution is -2.26. The molecule has 0 aliphatic rings. The molecule has 1 unspecified atom stereocenters. The van der Waals surface area contributed by atoms with E-state index in [2.05, 4.69) is 13.8 Å². The van der Waals surface area contributed by atoms with Gasteiger partial charge in [0.15, 0.2) is 0 Å². The Hall–Kier alpha value is -0.0900. The highest BCUT2D eigenvalue weighted by atomic mass is 32.2. The van der Waals surface area contributed by atoms with E-state index in [9.17, 15) is 8.42 Å². The van der Waals surface area contributed by atoms with Crippen molar-refractivity contribution in [2.45, 2.75) is 39.2 Å². The third kappa shape index (κ3) is 8.25. The quantitative estimate of drug-likeness (QED) is 0.665. The highest BCUT2D eigenvalue weighted by Crippen LogP contribution is 2.07. The topological polar surface area (TPSA) is 60.2 Å². The molecule has 0 radical (unpaired) electrons. The van der Waals surface area contributed by atoms with Crippen molar-refractivity contribution in [1.82, 2.24) is 0 Å². The molecule has 0 saturated heterocycles. The third-order valence-electron chi connectivity index (χ3n) is 2.16. The first-order valence-electron chi connectivity index (χ1n) is 4.76. The van der Waals surface area contributed by atoms with Crippen LogP contribution in [-0.4, -0.2) is 26.5 Å². The van der Waals surface area contributed by atoms with E-state index >= 15 is 0 Å². The summed E-state index contributed by atoms with van der Waals surface area (Å²) in [7, 11) is -2.78. The molecular weight excluding hydrogens is 186 g/mol. The molecule has 0 aromatic rings. The second-order valence-electron chi connectivity index (χ2n) is 4.03. The van der Waals surface area contributed by atoms with E-state index in [1.54, 1.807) is 0 Å². The average molecular weight is 207 g/mol. The van der Waals surface area contributed by atoms with Crippen LogP contribution in [0.2, 0.25) is 0 Å². The fraction of sp³-hybridized carbons (Fsp3) is 1.00. The zero-order valence-corrected chi connectivity index (χ0v) is 9.60. The maximum Gasteiger partial charge on any atom is 0.147 e. The Balaban J connectivity index is 3.47. The van der Waals surface area contributed by atoms with Gasteiger partial charge < -0.3 is 5.73 Å². The van der Waals surface area contributed by atoms with Crippen molar-refractivity contribution in [1.29, 1.82) is 0 Å². The van der Waals surface area contributed by atoms with Gasteiger partial charge in [0.1, 0.15) is 9.84 Å². The minimum atomic E-state index is -2.78. The summed E-state index contributed by atoms with van der Waals surface area (Å²) in [5.74, 6) is 0.774. The second-order valence-corrected chi connectivity index (χ2v) is 6.29. The Labute approximate surface area is 81.6 Å². The summed E-state index contributed by atoms with van der Waals surface area (Å²) in [4.78, 5) is 0.